The normalized spacial score (nSPS) is 11.9. The summed E-state index contributed by atoms with van der Waals surface area (Å²) in [6.07, 6.45) is 0. The van der Waals surface area contributed by atoms with Gasteiger partial charge in [-0.25, -0.2) is 9.97 Å². The first-order valence-corrected chi connectivity index (χ1v) is 9.06. The van der Waals surface area contributed by atoms with Gasteiger partial charge in [0, 0.05) is 16.5 Å². The number of carbonyl (C=O) groups excluding carboxylic acids is 1. The summed E-state index contributed by atoms with van der Waals surface area (Å²) in [7, 11) is 0. The number of fused-ring (bicyclic) bond motifs is 2. The fourth-order valence-corrected chi connectivity index (χ4v) is 3.36. The van der Waals surface area contributed by atoms with Crippen molar-refractivity contribution in [3.05, 3.63) is 65.3 Å². The van der Waals surface area contributed by atoms with Crippen molar-refractivity contribution in [2.75, 3.05) is 5.32 Å². The largest absolute Gasteiger partial charge is 0.305 e. The summed E-state index contributed by atoms with van der Waals surface area (Å²) in [5.41, 5.74) is 2.89. The highest BCUT2D eigenvalue weighted by atomic mass is 35.5. The second-order valence-electron chi connectivity index (χ2n) is 7.43. The van der Waals surface area contributed by atoms with E-state index < -0.39 is 0 Å². The molecule has 0 bridgehead atoms. The predicted molar refractivity (Wildman–Crippen MR) is 109 cm³/mol. The zero-order valence-corrected chi connectivity index (χ0v) is 16.1. The first kappa shape index (κ1) is 17.5. The lowest BCUT2D eigenvalue weighted by Crippen LogP contribution is -2.25. The smallest absolute Gasteiger partial charge is 0.257 e. The Morgan fingerprint density at radius 3 is 2.56 bits per heavy atom. The number of imidazole rings is 1. The minimum atomic E-state index is -0.233. The van der Waals surface area contributed by atoms with Gasteiger partial charge < -0.3 is 4.57 Å². The lowest BCUT2D eigenvalue weighted by molar-refractivity contribution is 0.102. The number of carbonyl (C=O) groups is 1. The van der Waals surface area contributed by atoms with Gasteiger partial charge in [-0.3, -0.25) is 10.1 Å². The molecule has 4 rings (SSSR count). The van der Waals surface area contributed by atoms with Crippen LogP contribution in [0, 0.1) is 0 Å². The molecule has 0 aliphatic heterocycles. The standard InChI is InChI=1S/C21H19ClN4O/c1-21(2,3)26-17-7-5-4-6-16(17)24-20(26)25-19(27)14-8-10-15-13(12-14)9-11-18(22)23-15/h4-12H,1-3H3,(H,24,25,27). The van der Waals surface area contributed by atoms with Gasteiger partial charge in [-0.2, -0.15) is 0 Å². The summed E-state index contributed by atoms with van der Waals surface area (Å²) < 4.78 is 2.04. The summed E-state index contributed by atoms with van der Waals surface area (Å²) in [5, 5.41) is 4.25. The van der Waals surface area contributed by atoms with Crippen molar-refractivity contribution in [3.63, 3.8) is 0 Å². The van der Waals surface area contributed by atoms with E-state index in [9.17, 15) is 4.79 Å². The molecule has 0 saturated carbocycles. The number of para-hydroxylation sites is 2. The van der Waals surface area contributed by atoms with Crippen LogP contribution in [0.5, 0.6) is 0 Å². The molecule has 0 spiro atoms. The predicted octanol–water partition coefficient (Wildman–Crippen LogP) is 5.25. The summed E-state index contributed by atoms with van der Waals surface area (Å²) in [6.45, 7) is 6.26. The molecule has 136 valence electrons. The van der Waals surface area contributed by atoms with Gasteiger partial charge in [-0.15, -0.1) is 0 Å². The maximum atomic E-state index is 12.9. The Bertz CT molecular complexity index is 1170. The molecule has 0 aliphatic rings. The van der Waals surface area contributed by atoms with Crippen LogP contribution in [-0.4, -0.2) is 20.4 Å². The Labute approximate surface area is 162 Å². The third kappa shape index (κ3) is 3.26. The van der Waals surface area contributed by atoms with Gasteiger partial charge in [0.05, 0.1) is 16.6 Å². The molecule has 27 heavy (non-hydrogen) atoms. The molecule has 2 aromatic heterocycles. The van der Waals surface area contributed by atoms with Crippen molar-refractivity contribution in [1.82, 2.24) is 14.5 Å². The Balaban J connectivity index is 1.74. The molecule has 0 unspecified atom stereocenters. The first-order chi connectivity index (χ1) is 12.8. The number of hydrogen-bond acceptors (Lipinski definition) is 3. The number of rotatable bonds is 2. The highest BCUT2D eigenvalue weighted by Crippen LogP contribution is 2.28. The Morgan fingerprint density at radius 1 is 1.00 bits per heavy atom. The van der Waals surface area contributed by atoms with Crippen LogP contribution < -0.4 is 5.32 Å². The summed E-state index contributed by atoms with van der Waals surface area (Å²) in [4.78, 5) is 21.7. The van der Waals surface area contributed by atoms with Crippen LogP contribution in [0.1, 0.15) is 31.1 Å². The van der Waals surface area contributed by atoms with Gasteiger partial charge >= 0.3 is 0 Å². The highest BCUT2D eigenvalue weighted by Gasteiger charge is 2.23. The average Bonchev–Trinajstić information content (AvgIpc) is 2.99. The van der Waals surface area contributed by atoms with E-state index in [4.69, 9.17) is 11.6 Å². The zero-order chi connectivity index (χ0) is 19.2. The molecule has 6 heteroatoms. The quantitative estimate of drug-likeness (QED) is 0.485. The van der Waals surface area contributed by atoms with E-state index >= 15 is 0 Å². The van der Waals surface area contributed by atoms with E-state index in [1.165, 1.54) is 0 Å². The Kier molecular flexibility index (Phi) is 4.12. The van der Waals surface area contributed by atoms with Crippen LogP contribution in [0.4, 0.5) is 5.95 Å². The number of nitrogens with one attached hydrogen (secondary N) is 1. The maximum Gasteiger partial charge on any atom is 0.257 e. The number of benzene rings is 2. The van der Waals surface area contributed by atoms with Crippen LogP contribution in [0.15, 0.2) is 54.6 Å². The van der Waals surface area contributed by atoms with Gasteiger partial charge in [0.25, 0.3) is 5.91 Å². The van der Waals surface area contributed by atoms with E-state index in [1.54, 1.807) is 24.3 Å². The number of anilines is 1. The molecule has 1 amide bonds. The van der Waals surface area contributed by atoms with E-state index in [-0.39, 0.29) is 11.4 Å². The van der Waals surface area contributed by atoms with Gasteiger partial charge in [0.15, 0.2) is 0 Å². The number of halogens is 1. The third-order valence-electron chi connectivity index (χ3n) is 4.37. The van der Waals surface area contributed by atoms with E-state index in [1.807, 2.05) is 34.9 Å². The van der Waals surface area contributed by atoms with E-state index in [0.717, 1.165) is 21.9 Å². The molecule has 0 saturated heterocycles. The van der Waals surface area contributed by atoms with Crippen molar-refractivity contribution < 1.29 is 4.79 Å². The number of aromatic nitrogens is 3. The maximum absolute atomic E-state index is 12.9. The van der Waals surface area contributed by atoms with Crippen LogP contribution in [0.3, 0.4) is 0 Å². The SMILES string of the molecule is CC(C)(C)n1c(NC(=O)c2ccc3nc(Cl)ccc3c2)nc2ccccc21. The molecule has 2 aromatic carbocycles. The average molecular weight is 379 g/mol. The summed E-state index contributed by atoms with van der Waals surface area (Å²) in [5.74, 6) is 0.315. The zero-order valence-electron chi connectivity index (χ0n) is 15.3. The van der Waals surface area contributed by atoms with Crippen LogP contribution in [-0.2, 0) is 5.54 Å². The van der Waals surface area contributed by atoms with Gasteiger partial charge in [-0.05, 0) is 63.2 Å². The van der Waals surface area contributed by atoms with Crippen LogP contribution in [0.2, 0.25) is 5.15 Å². The van der Waals surface area contributed by atoms with E-state index in [2.05, 4.69) is 36.1 Å². The molecular weight excluding hydrogens is 360 g/mol. The van der Waals surface area contributed by atoms with Crippen molar-refractivity contribution in [2.45, 2.75) is 26.3 Å². The molecule has 2 heterocycles. The molecular formula is C21H19ClN4O. The Morgan fingerprint density at radius 2 is 1.78 bits per heavy atom. The third-order valence-corrected chi connectivity index (χ3v) is 4.58. The molecule has 0 atom stereocenters. The molecule has 4 aromatic rings. The van der Waals surface area contributed by atoms with Crippen LogP contribution >= 0.6 is 11.6 Å². The van der Waals surface area contributed by atoms with Gasteiger partial charge in [-0.1, -0.05) is 23.7 Å². The van der Waals surface area contributed by atoms with E-state index in [0.29, 0.717) is 16.7 Å². The first-order valence-electron chi connectivity index (χ1n) is 8.68. The molecule has 0 radical (unpaired) electrons. The van der Waals surface area contributed by atoms with Crippen LogP contribution in [0.25, 0.3) is 21.9 Å². The molecule has 0 fully saturated rings. The number of nitrogens with zero attached hydrogens (tertiary/aromatic N) is 3. The van der Waals surface area contributed by atoms with Crippen molar-refractivity contribution >= 4 is 45.4 Å². The van der Waals surface area contributed by atoms with Crippen molar-refractivity contribution in [2.24, 2.45) is 0 Å². The molecule has 0 aliphatic carbocycles. The van der Waals surface area contributed by atoms with Crippen molar-refractivity contribution in [1.29, 1.82) is 0 Å². The second kappa shape index (κ2) is 6.35. The summed E-state index contributed by atoms with van der Waals surface area (Å²) >= 11 is 5.93. The summed E-state index contributed by atoms with van der Waals surface area (Å²) in [6, 6.07) is 16.8. The number of pyridine rings is 1. The van der Waals surface area contributed by atoms with Crippen molar-refractivity contribution in [3.8, 4) is 0 Å². The van der Waals surface area contributed by atoms with Gasteiger partial charge in [0.2, 0.25) is 5.95 Å². The molecule has 5 nitrogen and oxygen atoms in total. The lowest BCUT2D eigenvalue weighted by Gasteiger charge is -2.24. The minimum Gasteiger partial charge on any atom is -0.305 e. The second-order valence-corrected chi connectivity index (χ2v) is 7.81. The fourth-order valence-electron chi connectivity index (χ4n) is 3.20. The Hall–Kier alpha value is -2.92. The lowest BCUT2D eigenvalue weighted by atomic mass is 10.1. The monoisotopic (exact) mass is 378 g/mol. The number of hydrogen-bond donors (Lipinski definition) is 1. The fraction of sp³-hybridized carbons (Fsp3) is 0.190. The highest BCUT2D eigenvalue weighted by molar-refractivity contribution is 6.29. The molecule has 1 N–H and O–H groups in total. The number of amides is 1. The van der Waals surface area contributed by atoms with Gasteiger partial charge in [0.1, 0.15) is 5.15 Å². The topological polar surface area (TPSA) is 59.8 Å². The minimum absolute atomic E-state index is 0.215.